The second kappa shape index (κ2) is 9.84. The first-order chi connectivity index (χ1) is 13.2. The monoisotopic (exact) mass is 381 g/mol. The van der Waals surface area contributed by atoms with Gasteiger partial charge < -0.3 is 10.2 Å². The smallest absolute Gasteiger partial charge is 0.0727 e. The van der Waals surface area contributed by atoms with E-state index in [1.807, 2.05) is 30.3 Å². The molecule has 3 rings (SSSR count). The maximum atomic E-state index is 6.21. The Labute approximate surface area is 167 Å². The molecule has 27 heavy (non-hydrogen) atoms. The zero-order valence-corrected chi connectivity index (χ0v) is 17.0. The zero-order valence-electron chi connectivity index (χ0n) is 16.2. The van der Waals surface area contributed by atoms with Gasteiger partial charge in [-0.15, -0.1) is 0 Å². The summed E-state index contributed by atoms with van der Waals surface area (Å²) in [5.74, 6) is 0. The van der Waals surface area contributed by atoms with Crippen molar-refractivity contribution in [2.45, 2.75) is 26.8 Å². The van der Waals surface area contributed by atoms with Gasteiger partial charge in [-0.2, -0.15) is 0 Å². The third-order valence-electron chi connectivity index (χ3n) is 4.96. The Kier molecular flexibility index (Phi) is 7.22. The Morgan fingerprint density at radius 1 is 1.00 bits per heavy atom. The molecule has 0 saturated heterocycles. The van der Waals surface area contributed by atoms with Crippen LogP contribution in [-0.4, -0.2) is 36.1 Å². The van der Waals surface area contributed by atoms with Gasteiger partial charge >= 0.3 is 0 Å². The number of fused-ring (bicyclic) bond motifs is 1. The lowest BCUT2D eigenvalue weighted by Crippen LogP contribution is -2.27. The molecule has 0 unspecified atom stereocenters. The van der Waals surface area contributed by atoms with E-state index < -0.39 is 0 Å². The standard InChI is InChI=1S/C23H28ClN3/c1-3-27(4-2)14-8-13-25-17-19-15-22(18-9-6-5-7-10-18)26-23-16-20(24)11-12-21(19)23/h5-7,9-12,15-16,25H,3-4,8,13-14,17H2,1-2H3. The Balaban J connectivity index is 1.77. The first kappa shape index (κ1) is 19.8. The fourth-order valence-electron chi connectivity index (χ4n) is 3.37. The van der Waals surface area contributed by atoms with Crippen molar-refractivity contribution in [1.29, 1.82) is 0 Å². The molecule has 0 amide bonds. The minimum absolute atomic E-state index is 0.721. The van der Waals surface area contributed by atoms with Crippen molar-refractivity contribution in [3.63, 3.8) is 0 Å². The number of rotatable bonds is 9. The predicted molar refractivity (Wildman–Crippen MR) is 116 cm³/mol. The van der Waals surface area contributed by atoms with E-state index in [1.54, 1.807) is 0 Å². The minimum Gasteiger partial charge on any atom is -0.313 e. The second-order valence-corrected chi connectivity index (χ2v) is 7.19. The molecule has 0 aliphatic heterocycles. The maximum absolute atomic E-state index is 6.21. The lowest BCUT2D eigenvalue weighted by molar-refractivity contribution is 0.298. The first-order valence-electron chi connectivity index (χ1n) is 9.79. The maximum Gasteiger partial charge on any atom is 0.0727 e. The van der Waals surface area contributed by atoms with Crippen LogP contribution in [0.4, 0.5) is 0 Å². The number of hydrogen-bond donors (Lipinski definition) is 1. The predicted octanol–water partition coefficient (Wildman–Crippen LogP) is 5.38. The van der Waals surface area contributed by atoms with Crippen molar-refractivity contribution < 1.29 is 0 Å². The lowest BCUT2D eigenvalue weighted by Gasteiger charge is -2.18. The van der Waals surface area contributed by atoms with Crippen LogP contribution in [0.15, 0.2) is 54.6 Å². The average Bonchev–Trinajstić information content (AvgIpc) is 2.70. The highest BCUT2D eigenvalue weighted by Crippen LogP contribution is 2.26. The summed E-state index contributed by atoms with van der Waals surface area (Å²) in [5.41, 5.74) is 4.33. The Bertz CT molecular complexity index is 860. The zero-order chi connectivity index (χ0) is 19.1. The highest BCUT2D eigenvalue weighted by Gasteiger charge is 2.08. The molecule has 0 atom stereocenters. The van der Waals surface area contributed by atoms with Gasteiger partial charge in [-0.3, -0.25) is 0 Å². The van der Waals surface area contributed by atoms with E-state index in [-0.39, 0.29) is 0 Å². The summed E-state index contributed by atoms with van der Waals surface area (Å²) in [6, 6.07) is 18.5. The van der Waals surface area contributed by atoms with Gasteiger partial charge in [-0.1, -0.05) is 61.8 Å². The molecule has 0 saturated carbocycles. The fraction of sp³-hybridized carbons (Fsp3) is 0.348. The average molecular weight is 382 g/mol. The van der Waals surface area contributed by atoms with Gasteiger partial charge in [0.1, 0.15) is 0 Å². The van der Waals surface area contributed by atoms with E-state index in [4.69, 9.17) is 16.6 Å². The van der Waals surface area contributed by atoms with Crippen molar-refractivity contribution in [1.82, 2.24) is 15.2 Å². The minimum atomic E-state index is 0.721. The van der Waals surface area contributed by atoms with Crippen LogP contribution in [0.1, 0.15) is 25.8 Å². The molecule has 3 aromatic rings. The van der Waals surface area contributed by atoms with Crippen molar-refractivity contribution >= 4 is 22.5 Å². The molecule has 0 radical (unpaired) electrons. The Morgan fingerprint density at radius 3 is 2.52 bits per heavy atom. The summed E-state index contributed by atoms with van der Waals surface area (Å²) < 4.78 is 0. The quantitative estimate of drug-likeness (QED) is 0.504. The summed E-state index contributed by atoms with van der Waals surface area (Å²) >= 11 is 6.21. The number of halogens is 1. The number of hydrogen-bond acceptors (Lipinski definition) is 3. The summed E-state index contributed by atoms with van der Waals surface area (Å²) in [5, 5.41) is 5.49. The molecule has 2 aromatic carbocycles. The van der Waals surface area contributed by atoms with Gasteiger partial charge in [-0.25, -0.2) is 4.98 Å². The summed E-state index contributed by atoms with van der Waals surface area (Å²) in [7, 11) is 0. The van der Waals surface area contributed by atoms with Crippen molar-refractivity contribution in [3.05, 3.63) is 65.2 Å². The van der Waals surface area contributed by atoms with Crippen molar-refractivity contribution in [2.24, 2.45) is 0 Å². The van der Waals surface area contributed by atoms with Crippen LogP contribution in [0.25, 0.3) is 22.2 Å². The van der Waals surface area contributed by atoms with Crippen LogP contribution < -0.4 is 5.32 Å². The first-order valence-corrected chi connectivity index (χ1v) is 10.2. The molecule has 1 N–H and O–H groups in total. The van der Waals surface area contributed by atoms with E-state index >= 15 is 0 Å². The van der Waals surface area contributed by atoms with Crippen LogP contribution in [-0.2, 0) is 6.54 Å². The largest absolute Gasteiger partial charge is 0.313 e. The molecule has 1 aromatic heterocycles. The lowest BCUT2D eigenvalue weighted by atomic mass is 10.0. The van der Waals surface area contributed by atoms with E-state index in [2.05, 4.69) is 48.3 Å². The molecule has 0 spiro atoms. The van der Waals surface area contributed by atoms with Gasteiger partial charge in [0.15, 0.2) is 0 Å². The van der Waals surface area contributed by atoms with Crippen molar-refractivity contribution in [2.75, 3.05) is 26.2 Å². The molecular formula is C23H28ClN3. The van der Waals surface area contributed by atoms with E-state index in [0.717, 1.165) is 66.3 Å². The molecule has 3 nitrogen and oxygen atoms in total. The van der Waals surface area contributed by atoms with E-state index in [1.165, 1.54) is 5.56 Å². The number of nitrogens with zero attached hydrogens (tertiary/aromatic N) is 2. The number of pyridine rings is 1. The van der Waals surface area contributed by atoms with E-state index in [9.17, 15) is 0 Å². The van der Waals surface area contributed by atoms with Gasteiger partial charge in [-0.05, 0) is 56.4 Å². The molecular weight excluding hydrogens is 354 g/mol. The molecule has 1 heterocycles. The van der Waals surface area contributed by atoms with Crippen LogP contribution in [0.3, 0.4) is 0 Å². The van der Waals surface area contributed by atoms with Crippen molar-refractivity contribution in [3.8, 4) is 11.3 Å². The van der Waals surface area contributed by atoms with E-state index in [0.29, 0.717) is 0 Å². The van der Waals surface area contributed by atoms with Crippen LogP contribution in [0.5, 0.6) is 0 Å². The normalized spacial score (nSPS) is 11.4. The topological polar surface area (TPSA) is 28.2 Å². The molecule has 0 aliphatic rings. The Hall–Kier alpha value is -1.94. The fourth-order valence-corrected chi connectivity index (χ4v) is 3.53. The SMILES string of the molecule is CCN(CC)CCCNCc1cc(-c2ccccc2)nc2cc(Cl)ccc12. The summed E-state index contributed by atoms with van der Waals surface area (Å²) in [6.45, 7) is 9.65. The van der Waals surface area contributed by atoms with Gasteiger partial charge in [0, 0.05) is 22.5 Å². The molecule has 142 valence electrons. The Morgan fingerprint density at radius 2 is 1.78 bits per heavy atom. The molecule has 4 heteroatoms. The number of nitrogens with one attached hydrogen (secondary N) is 1. The summed E-state index contributed by atoms with van der Waals surface area (Å²) in [6.07, 6.45) is 1.15. The second-order valence-electron chi connectivity index (χ2n) is 6.75. The highest BCUT2D eigenvalue weighted by molar-refractivity contribution is 6.31. The van der Waals surface area contributed by atoms with Crippen LogP contribution in [0.2, 0.25) is 5.02 Å². The third-order valence-corrected chi connectivity index (χ3v) is 5.20. The van der Waals surface area contributed by atoms with Gasteiger partial charge in [0.25, 0.3) is 0 Å². The molecule has 0 aliphatic carbocycles. The van der Waals surface area contributed by atoms with Crippen LogP contribution in [0, 0.1) is 0 Å². The van der Waals surface area contributed by atoms with Gasteiger partial charge in [0.05, 0.1) is 11.2 Å². The molecule has 0 fully saturated rings. The van der Waals surface area contributed by atoms with Gasteiger partial charge in [0.2, 0.25) is 0 Å². The summed E-state index contributed by atoms with van der Waals surface area (Å²) in [4.78, 5) is 7.30. The number of benzene rings is 2. The number of aromatic nitrogens is 1. The highest BCUT2D eigenvalue weighted by atomic mass is 35.5. The van der Waals surface area contributed by atoms with Crippen LogP contribution >= 0.6 is 11.6 Å². The third kappa shape index (κ3) is 5.29. The molecule has 0 bridgehead atoms.